The van der Waals surface area contributed by atoms with E-state index in [0.29, 0.717) is 6.54 Å². The van der Waals surface area contributed by atoms with Crippen molar-refractivity contribution in [3.05, 3.63) is 0 Å². The molecule has 2 N–H and O–H groups in total. The molecule has 72 valence electrons. The van der Waals surface area contributed by atoms with E-state index in [0.717, 1.165) is 0 Å². The highest BCUT2D eigenvalue weighted by molar-refractivity contribution is 7.89. The Morgan fingerprint density at radius 2 is 2.00 bits per heavy atom. The lowest BCUT2D eigenvalue weighted by atomic mass is 10.6. The lowest BCUT2D eigenvalue weighted by molar-refractivity contribution is 0.469. The Bertz CT molecular complexity index is 248. The molecule has 0 saturated heterocycles. The zero-order chi connectivity index (χ0) is 9.78. The number of rotatable bonds is 5. The molecule has 0 heterocycles. The van der Waals surface area contributed by atoms with Crippen LogP contribution in [-0.2, 0) is 10.0 Å². The molecule has 12 heavy (non-hydrogen) atoms. The lowest BCUT2D eigenvalue weighted by Gasteiger charge is -2.18. The van der Waals surface area contributed by atoms with Crippen molar-refractivity contribution in [2.75, 3.05) is 18.8 Å². The van der Waals surface area contributed by atoms with Crippen LogP contribution in [0.25, 0.3) is 0 Å². The van der Waals surface area contributed by atoms with Crippen LogP contribution in [0.2, 0.25) is 0 Å². The van der Waals surface area contributed by atoms with E-state index in [2.05, 4.69) is 12.2 Å². The molecule has 0 aliphatic rings. The summed E-state index contributed by atoms with van der Waals surface area (Å²) >= 11 is 4.63. The van der Waals surface area contributed by atoms with Gasteiger partial charge in [0, 0.05) is 6.54 Å². The average Bonchev–Trinajstić information content (AvgIpc) is 1.99. The van der Waals surface area contributed by atoms with Crippen LogP contribution in [0.5, 0.6) is 0 Å². The van der Waals surface area contributed by atoms with Gasteiger partial charge in [0.2, 0.25) is 10.0 Å². The minimum atomic E-state index is -3.14. The number of sulfonamides is 1. The molecular weight excluding hydrogens is 196 g/mol. The van der Waals surface area contributed by atoms with Gasteiger partial charge in [0.05, 0.1) is 17.3 Å². The van der Waals surface area contributed by atoms with Crippen LogP contribution in [0.4, 0.5) is 0 Å². The first-order valence-electron chi connectivity index (χ1n) is 3.70. The molecule has 0 fully saturated rings. The molecular formula is C6H14N2O2S2. The zero-order valence-corrected chi connectivity index (χ0v) is 8.91. The van der Waals surface area contributed by atoms with Crippen molar-refractivity contribution in [3.8, 4) is 0 Å². The maximum Gasteiger partial charge on any atom is 0.214 e. The van der Waals surface area contributed by atoms with E-state index in [9.17, 15) is 8.42 Å². The van der Waals surface area contributed by atoms with Gasteiger partial charge in [0.25, 0.3) is 0 Å². The van der Waals surface area contributed by atoms with Gasteiger partial charge >= 0.3 is 0 Å². The van der Waals surface area contributed by atoms with E-state index < -0.39 is 10.0 Å². The molecule has 0 atom stereocenters. The van der Waals surface area contributed by atoms with Gasteiger partial charge in [-0.15, -0.1) is 0 Å². The van der Waals surface area contributed by atoms with Gasteiger partial charge in [-0.3, -0.25) is 0 Å². The summed E-state index contributed by atoms with van der Waals surface area (Å²) in [6.07, 6.45) is 0. The SMILES string of the molecule is CCN(CC(N)=S)S(=O)(=O)CC. The fraction of sp³-hybridized carbons (Fsp3) is 0.833. The van der Waals surface area contributed by atoms with Crippen molar-refractivity contribution in [1.29, 1.82) is 0 Å². The molecule has 0 amide bonds. The third kappa shape index (κ3) is 3.46. The molecule has 0 aromatic heterocycles. The first-order chi connectivity index (χ1) is 5.44. The maximum absolute atomic E-state index is 11.3. The smallest absolute Gasteiger partial charge is 0.214 e. The van der Waals surface area contributed by atoms with Gasteiger partial charge in [-0.05, 0) is 6.92 Å². The van der Waals surface area contributed by atoms with Crippen molar-refractivity contribution in [3.63, 3.8) is 0 Å². The van der Waals surface area contributed by atoms with Gasteiger partial charge < -0.3 is 5.73 Å². The van der Waals surface area contributed by atoms with E-state index in [1.807, 2.05) is 0 Å². The van der Waals surface area contributed by atoms with E-state index >= 15 is 0 Å². The van der Waals surface area contributed by atoms with Crippen molar-refractivity contribution in [2.45, 2.75) is 13.8 Å². The lowest BCUT2D eigenvalue weighted by Crippen LogP contribution is -2.38. The van der Waals surface area contributed by atoms with Gasteiger partial charge in [-0.2, -0.15) is 4.31 Å². The Hall–Kier alpha value is -0.200. The summed E-state index contributed by atoms with van der Waals surface area (Å²) < 4.78 is 23.8. The zero-order valence-electron chi connectivity index (χ0n) is 7.28. The molecule has 0 aromatic carbocycles. The number of hydrogen-bond acceptors (Lipinski definition) is 3. The maximum atomic E-state index is 11.3. The third-order valence-corrected chi connectivity index (χ3v) is 3.48. The summed E-state index contributed by atoms with van der Waals surface area (Å²) in [6.45, 7) is 3.90. The molecule has 0 saturated carbocycles. The molecule has 0 unspecified atom stereocenters. The fourth-order valence-electron chi connectivity index (χ4n) is 0.763. The van der Waals surface area contributed by atoms with Gasteiger partial charge in [0.15, 0.2) is 0 Å². The second kappa shape index (κ2) is 4.74. The topological polar surface area (TPSA) is 63.4 Å². The van der Waals surface area contributed by atoms with Crippen molar-refractivity contribution < 1.29 is 8.42 Å². The van der Waals surface area contributed by atoms with Gasteiger partial charge in [-0.1, -0.05) is 19.1 Å². The molecule has 0 aliphatic heterocycles. The number of likely N-dealkylation sites (N-methyl/N-ethyl adjacent to an activating group) is 1. The van der Waals surface area contributed by atoms with E-state index in [1.54, 1.807) is 13.8 Å². The molecule has 0 spiro atoms. The van der Waals surface area contributed by atoms with Crippen LogP contribution in [0.1, 0.15) is 13.8 Å². The highest BCUT2D eigenvalue weighted by Crippen LogP contribution is 1.99. The summed E-state index contributed by atoms with van der Waals surface area (Å²) in [7, 11) is -3.14. The number of nitrogens with two attached hydrogens (primary N) is 1. The first kappa shape index (κ1) is 11.8. The largest absolute Gasteiger partial charge is 0.392 e. The van der Waals surface area contributed by atoms with Crippen LogP contribution < -0.4 is 5.73 Å². The normalized spacial score (nSPS) is 11.9. The summed E-state index contributed by atoms with van der Waals surface area (Å²) in [4.78, 5) is 0.203. The predicted octanol–water partition coefficient (Wildman–Crippen LogP) is -0.0559. The van der Waals surface area contributed by atoms with Crippen LogP contribution in [0.3, 0.4) is 0 Å². The molecule has 4 nitrogen and oxygen atoms in total. The molecule has 0 radical (unpaired) electrons. The molecule has 6 heteroatoms. The highest BCUT2D eigenvalue weighted by Gasteiger charge is 2.17. The number of nitrogens with zero attached hydrogens (tertiary/aromatic N) is 1. The first-order valence-corrected chi connectivity index (χ1v) is 5.72. The molecule has 0 aromatic rings. The fourth-order valence-corrected chi connectivity index (χ4v) is 2.10. The average molecular weight is 210 g/mol. The van der Waals surface area contributed by atoms with Gasteiger partial charge in [-0.25, -0.2) is 8.42 Å². The summed E-state index contributed by atoms with van der Waals surface area (Å²) in [5.41, 5.74) is 5.25. The van der Waals surface area contributed by atoms with E-state index in [1.165, 1.54) is 4.31 Å². The molecule has 0 aliphatic carbocycles. The minimum Gasteiger partial charge on any atom is -0.392 e. The Kier molecular flexibility index (Phi) is 4.66. The number of thiocarbonyl (C=S) groups is 1. The van der Waals surface area contributed by atoms with E-state index in [-0.39, 0.29) is 17.3 Å². The molecule has 0 bridgehead atoms. The van der Waals surface area contributed by atoms with Crippen LogP contribution >= 0.6 is 12.2 Å². The standard InChI is InChI=1S/C6H14N2O2S2/c1-3-8(5-6(7)11)12(9,10)4-2/h3-5H2,1-2H3,(H2,7,11). The second-order valence-electron chi connectivity index (χ2n) is 2.29. The molecule has 0 rings (SSSR count). The van der Waals surface area contributed by atoms with Crippen molar-refractivity contribution in [2.24, 2.45) is 5.73 Å². The van der Waals surface area contributed by atoms with Crippen LogP contribution in [-0.4, -0.2) is 36.6 Å². The Balaban J connectivity index is 4.46. The monoisotopic (exact) mass is 210 g/mol. The summed E-state index contributed by atoms with van der Waals surface area (Å²) in [6, 6.07) is 0. The third-order valence-electron chi connectivity index (χ3n) is 1.44. The van der Waals surface area contributed by atoms with Crippen LogP contribution in [0, 0.1) is 0 Å². The number of hydrogen-bond donors (Lipinski definition) is 1. The second-order valence-corrected chi connectivity index (χ2v) is 5.08. The summed E-state index contributed by atoms with van der Waals surface area (Å²) in [5, 5.41) is 0. The Labute approximate surface area is 78.8 Å². The van der Waals surface area contributed by atoms with Crippen LogP contribution in [0.15, 0.2) is 0 Å². The van der Waals surface area contributed by atoms with Crippen molar-refractivity contribution in [1.82, 2.24) is 4.31 Å². The minimum absolute atomic E-state index is 0.0868. The van der Waals surface area contributed by atoms with Gasteiger partial charge in [0.1, 0.15) is 0 Å². The Morgan fingerprint density at radius 1 is 1.50 bits per heavy atom. The Morgan fingerprint density at radius 3 is 2.25 bits per heavy atom. The van der Waals surface area contributed by atoms with E-state index in [4.69, 9.17) is 5.73 Å². The summed E-state index contributed by atoms with van der Waals surface area (Å²) in [5.74, 6) is 0.0868. The van der Waals surface area contributed by atoms with Crippen molar-refractivity contribution >= 4 is 27.2 Å². The quantitative estimate of drug-likeness (QED) is 0.646. The highest BCUT2D eigenvalue weighted by atomic mass is 32.2. The predicted molar refractivity (Wildman–Crippen MR) is 53.5 cm³/mol.